The van der Waals surface area contributed by atoms with E-state index in [-0.39, 0.29) is 0 Å². The van der Waals surface area contributed by atoms with E-state index in [0.717, 1.165) is 6.42 Å². The van der Waals surface area contributed by atoms with Crippen molar-refractivity contribution in [2.24, 2.45) is 0 Å². The minimum absolute atomic E-state index is 1.06. The molecule has 100 valence electrons. The summed E-state index contributed by atoms with van der Waals surface area (Å²) in [6, 6.07) is 4.15. The van der Waals surface area contributed by atoms with E-state index in [1.165, 1.54) is 62.7 Å². The van der Waals surface area contributed by atoms with Crippen LogP contribution in [-0.2, 0) is 0 Å². The van der Waals surface area contributed by atoms with E-state index in [2.05, 4.69) is 36.3 Å². The van der Waals surface area contributed by atoms with Crippen molar-refractivity contribution in [3.63, 3.8) is 0 Å². The molecule has 0 nitrogen and oxygen atoms in total. The van der Waals surface area contributed by atoms with Crippen molar-refractivity contribution in [2.45, 2.75) is 71.1 Å². The van der Waals surface area contributed by atoms with Crippen molar-refractivity contribution >= 4 is 11.3 Å². The molecule has 0 aliphatic heterocycles. The topological polar surface area (TPSA) is 0 Å². The average Bonchev–Trinajstić information content (AvgIpc) is 2.89. The quantitative estimate of drug-likeness (QED) is 0.377. The largest absolute Gasteiger partial charge is 0.135 e. The molecule has 0 N–H and O–H groups in total. The molecular weight excluding hydrogens is 236 g/mol. The van der Waals surface area contributed by atoms with Gasteiger partial charge in [-0.05, 0) is 17.9 Å². The van der Waals surface area contributed by atoms with Crippen LogP contribution in [0.5, 0.6) is 0 Å². The fraction of sp³-hybridized carbons (Fsp3) is 0.647. The second-order valence-corrected chi connectivity index (χ2v) is 5.81. The third-order valence-electron chi connectivity index (χ3n) is 3.14. The van der Waals surface area contributed by atoms with Gasteiger partial charge in [0.25, 0.3) is 0 Å². The van der Waals surface area contributed by atoms with Gasteiger partial charge in [0.05, 0.1) is 4.88 Å². The summed E-state index contributed by atoms with van der Waals surface area (Å²) < 4.78 is 0. The highest BCUT2D eigenvalue weighted by Gasteiger charge is 1.91. The van der Waals surface area contributed by atoms with Gasteiger partial charge in [0.2, 0.25) is 0 Å². The summed E-state index contributed by atoms with van der Waals surface area (Å²) in [6.07, 6.45) is 13.6. The highest BCUT2D eigenvalue weighted by molar-refractivity contribution is 7.10. The zero-order valence-corrected chi connectivity index (χ0v) is 12.5. The summed E-state index contributed by atoms with van der Waals surface area (Å²) in [5.41, 5.74) is 0. The van der Waals surface area contributed by atoms with Gasteiger partial charge in [0, 0.05) is 6.42 Å². The lowest BCUT2D eigenvalue weighted by Gasteiger charge is -2.00. The SMILES string of the molecule is CCCCCCCCCCCC#Cc1cccs1. The number of rotatable bonds is 9. The monoisotopic (exact) mass is 262 g/mol. The molecule has 0 unspecified atom stereocenters. The second-order valence-electron chi connectivity index (χ2n) is 4.86. The summed E-state index contributed by atoms with van der Waals surface area (Å²) in [7, 11) is 0. The number of hydrogen-bond donors (Lipinski definition) is 0. The summed E-state index contributed by atoms with van der Waals surface area (Å²) in [5.74, 6) is 6.49. The van der Waals surface area contributed by atoms with Crippen LogP contribution in [0.3, 0.4) is 0 Å². The second kappa shape index (κ2) is 11.4. The van der Waals surface area contributed by atoms with E-state index in [9.17, 15) is 0 Å². The van der Waals surface area contributed by atoms with E-state index in [4.69, 9.17) is 0 Å². The third-order valence-corrected chi connectivity index (χ3v) is 3.92. The fourth-order valence-electron chi connectivity index (χ4n) is 2.02. The van der Waals surface area contributed by atoms with Crippen LogP contribution in [0.25, 0.3) is 0 Å². The van der Waals surface area contributed by atoms with Gasteiger partial charge in [0.1, 0.15) is 0 Å². The highest BCUT2D eigenvalue weighted by Crippen LogP contribution is 2.10. The van der Waals surface area contributed by atoms with E-state index in [1.54, 1.807) is 11.3 Å². The van der Waals surface area contributed by atoms with Gasteiger partial charge in [-0.15, -0.1) is 11.3 Å². The van der Waals surface area contributed by atoms with Crippen LogP contribution >= 0.6 is 11.3 Å². The molecule has 0 spiro atoms. The minimum atomic E-state index is 1.06. The summed E-state index contributed by atoms with van der Waals surface area (Å²) in [4.78, 5) is 1.20. The minimum Gasteiger partial charge on any atom is -0.135 e. The average molecular weight is 262 g/mol. The van der Waals surface area contributed by atoms with Crippen LogP contribution in [0.4, 0.5) is 0 Å². The molecule has 0 aliphatic rings. The van der Waals surface area contributed by atoms with Crippen LogP contribution in [0, 0.1) is 11.8 Å². The Balaban J connectivity index is 1.84. The Labute approximate surface area is 117 Å². The van der Waals surface area contributed by atoms with Gasteiger partial charge in [-0.3, -0.25) is 0 Å². The highest BCUT2D eigenvalue weighted by atomic mass is 32.1. The van der Waals surface area contributed by atoms with Crippen LogP contribution in [0.1, 0.15) is 76.0 Å². The lowest BCUT2D eigenvalue weighted by Crippen LogP contribution is -1.80. The lowest BCUT2D eigenvalue weighted by molar-refractivity contribution is 0.567. The molecule has 0 radical (unpaired) electrons. The fourth-order valence-corrected chi connectivity index (χ4v) is 2.62. The molecule has 1 rings (SSSR count). The molecule has 0 saturated carbocycles. The van der Waals surface area contributed by atoms with Crippen LogP contribution in [-0.4, -0.2) is 0 Å². The van der Waals surface area contributed by atoms with Crippen molar-refractivity contribution in [3.05, 3.63) is 22.4 Å². The van der Waals surface area contributed by atoms with Gasteiger partial charge in [0.15, 0.2) is 0 Å². The number of hydrogen-bond acceptors (Lipinski definition) is 1. The summed E-state index contributed by atoms with van der Waals surface area (Å²) >= 11 is 1.73. The maximum absolute atomic E-state index is 3.27. The van der Waals surface area contributed by atoms with Crippen molar-refractivity contribution < 1.29 is 0 Å². The van der Waals surface area contributed by atoms with Crippen LogP contribution < -0.4 is 0 Å². The predicted octanol–water partition coefficient (Wildman–Crippen LogP) is 6.02. The van der Waals surface area contributed by atoms with Gasteiger partial charge in [-0.25, -0.2) is 0 Å². The molecule has 0 saturated heterocycles. The number of thiophene rings is 1. The molecule has 0 bridgehead atoms. The Morgan fingerprint density at radius 1 is 0.944 bits per heavy atom. The normalized spacial score (nSPS) is 10.1. The summed E-state index contributed by atoms with van der Waals surface area (Å²) in [5, 5.41) is 2.09. The van der Waals surface area contributed by atoms with Crippen molar-refractivity contribution in [1.82, 2.24) is 0 Å². The van der Waals surface area contributed by atoms with Gasteiger partial charge in [-0.2, -0.15) is 0 Å². The number of unbranched alkanes of at least 4 members (excludes halogenated alkanes) is 9. The molecule has 1 aromatic heterocycles. The Morgan fingerprint density at radius 3 is 2.22 bits per heavy atom. The first kappa shape index (κ1) is 15.3. The Kier molecular flexibility index (Phi) is 9.66. The molecule has 1 aromatic rings. The van der Waals surface area contributed by atoms with Crippen molar-refractivity contribution in [2.75, 3.05) is 0 Å². The van der Waals surface area contributed by atoms with E-state index in [0.29, 0.717) is 0 Å². The lowest BCUT2D eigenvalue weighted by atomic mass is 10.1. The molecular formula is C17H26S. The van der Waals surface area contributed by atoms with Crippen molar-refractivity contribution in [1.29, 1.82) is 0 Å². The zero-order chi connectivity index (χ0) is 12.9. The first-order chi connectivity index (χ1) is 8.93. The third kappa shape index (κ3) is 8.37. The van der Waals surface area contributed by atoms with E-state index in [1.807, 2.05) is 0 Å². The van der Waals surface area contributed by atoms with Crippen molar-refractivity contribution in [3.8, 4) is 11.8 Å². The predicted molar refractivity (Wildman–Crippen MR) is 83.0 cm³/mol. The molecule has 0 aliphatic carbocycles. The zero-order valence-electron chi connectivity index (χ0n) is 11.7. The molecule has 1 heteroatoms. The molecule has 1 heterocycles. The Morgan fingerprint density at radius 2 is 1.61 bits per heavy atom. The summed E-state index contributed by atoms with van der Waals surface area (Å²) in [6.45, 7) is 2.28. The Hall–Kier alpha value is -0.740. The van der Waals surface area contributed by atoms with E-state index < -0.39 is 0 Å². The first-order valence-corrected chi connectivity index (χ1v) is 8.34. The first-order valence-electron chi connectivity index (χ1n) is 7.46. The van der Waals surface area contributed by atoms with Gasteiger partial charge >= 0.3 is 0 Å². The van der Waals surface area contributed by atoms with E-state index >= 15 is 0 Å². The molecule has 0 amide bonds. The molecule has 0 fully saturated rings. The van der Waals surface area contributed by atoms with Gasteiger partial charge in [-0.1, -0.05) is 76.2 Å². The maximum Gasteiger partial charge on any atom is 0.0768 e. The maximum atomic E-state index is 3.27. The molecule has 18 heavy (non-hydrogen) atoms. The van der Waals surface area contributed by atoms with Gasteiger partial charge < -0.3 is 0 Å². The molecule has 0 aromatic carbocycles. The smallest absolute Gasteiger partial charge is 0.0768 e. The Bertz CT molecular complexity index is 326. The van der Waals surface area contributed by atoms with Crippen LogP contribution in [0.15, 0.2) is 17.5 Å². The molecule has 0 atom stereocenters. The standard InChI is InChI=1S/C17H26S/c1-2-3-4-5-6-7-8-9-10-11-12-14-17-15-13-16-18-17/h13,15-16H,2-11H2,1H3. The van der Waals surface area contributed by atoms with Crippen LogP contribution in [0.2, 0.25) is 0 Å².